The molecule has 0 bridgehead atoms. The fourth-order valence-electron chi connectivity index (χ4n) is 3.27. The number of aromatic amines is 1. The van der Waals surface area contributed by atoms with Gasteiger partial charge in [-0.05, 0) is 35.7 Å². The van der Waals surface area contributed by atoms with Gasteiger partial charge in [0.2, 0.25) is 0 Å². The molecule has 0 spiro atoms. The van der Waals surface area contributed by atoms with E-state index in [4.69, 9.17) is 0 Å². The molecule has 0 unspecified atom stereocenters. The molecule has 0 aliphatic carbocycles. The minimum atomic E-state index is -0.645. The fraction of sp³-hybridized carbons (Fsp3) is 0.263. The van der Waals surface area contributed by atoms with Crippen molar-refractivity contribution in [3.05, 3.63) is 65.5 Å². The largest absolute Gasteiger partial charge is 0.390 e. The van der Waals surface area contributed by atoms with Crippen molar-refractivity contribution in [3.63, 3.8) is 0 Å². The van der Waals surface area contributed by atoms with E-state index in [1.807, 2.05) is 12.1 Å². The number of benzene rings is 2. The number of amides is 1. The summed E-state index contributed by atoms with van der Waals surface area (Å²) in [6, 6.07) is 13.5. The van der Waals surface area contributed by atoms with Crippen LogP contribution in [0, 0.1) is 0 Å². The van der Waals surface area contributed by atoms with Gasteiger partial charge in [-0.1, -0.05) is 24.3 Å². The van der Waals surface area contributed by atoms with Crippen LogP contribution in [-0.4, -0.2) is 39.7 Å². The third-order valence-electron chi connectivity index (χ3n) is 4.73. The summed E-state index contributed by atoms with van der Waals surface area (Å²) in [5, 5.41) is 16.6. The molecule has 0 fully saturated rings. The molecule has 6 nitrogen and oxygen atoms in total. The van der Waals surface area contributed by atoms with Gasteiger partial charge in [0.25, 0.3) is 5.91 Å². The van der Waals surface area contributed by atoms with Gasteiger partial charge in [0, 0.05) is 24.7 Å². The van der Waals surface area contributed by atoms with Crippen LogP contribution in [0.2, 0.25) is 0 Å². The third kappa shape index (κ3) is 4.59. The van der Waals surface area contributed by atoms with Gasteiger partial charge in [0.1, 0.15) is 0 Å². The number of rotatable bonds is 4. The SMILES string of the molecule is Cl.Cl.O=C(NC[C@@H](O)[C@@H]1Cc2ccccc2CN1)c1ccc2nc[nH]c2c1. The van der Waals surface area contributed by atoms with E-state index in [9.17, 15) is 9.90 Å². The minimum Gasteiger partial charge on any atom is -0.390 e. The Balaban J connectivity index is 0.00000131. The first-order chi connectivity index (χ1) is 12.2. The van der Waals surface area contributed by atoms with Gasteiger partial charge in [-0.25, -0.2) is 4.98 Å². The van der Waals surface area contributed by atoms with Crippen LogP contribution in [0.15, 0.2) is 48.8 Å². The molecule has 0 radical (unpaired) electrons. The van der Waals surface area contributed by atoms with Crippen molar-refractivity contribution in [1.82, 2.24) is 20.6 Å². The zero-order valence-electron chi connectivity index (χ0n) is 14.5. The van der Waals surface area contributed by atoms with E-state index < -0.39 is 6.10 Å². The molecule has 27 heavy (non-hydrogen) atoms. The molecule has 1 aliphatic rings. The van der Waals surface area contributed by atoms with Crippen LogP contribution in [-0.2, 0) is 13.0 Å². The average molecular weight is 409 g/mol. The maximum Gasteiger partial charge on any atom is 0.251 e. The lowest BCUT2D eigenvalue weighted by molar-refractivity contribution is 0.0870. The Bertz CT molecular complexity index is 915. The van der Waals surface area contributed by atoms with Crippen molar-refractivity contribution < 1.29 is 9.90 Å². The molecule has 1 amide bonds. The predicted octanol–water partition coefficient (Wildman–Crippen LogP) is 2.21. The van der Waals surface area contributed by atoms with Crippen LogP contribution in [0.1, 0.15) is 21.5 Å². The van der Waals surface area contributed by atoms with Gasteiger partial charge >= 0.3 is 0 Å². The number of halogens is 2. The summed E-state index contributed by atoms with van der Waals surface area (Å²) in [5.41, 5.74) is 4.70. The summed E-state index contributed by atoms with van der Waals surface area (Å²) >= 11 is 0. The summed E-state index contributed by atoms with van der Waals surface area (Å²) in [6.07, 6.45) is 1.71. The summed E-state index contributed by atoms with van der Waals surface area (Å²) < 4.78 is 0. The maximum atomic E-state index is 12.3. The van der Waals surface area contributed by atoms with Gasteiger partial charge in [0.05, 0.1) is 23.5 Å². The highest BCUT2D eigenvalue weighted by Gasteiger charge is 2.24. The first-order valence-corrected chi connectivity index (χ1v) is 8.40. The number of carbonyl (C=O) groups is 1. The number of aliphatic hydroxyl groups is 1. The van der Waals surface area contributed by atoms with E-state index in [1.54, 1.807) is 24.5 Å². The number of imidazole rings is 1. The molecule has 8 heteroatoms. The van der Waals surface area contributed by atoms with Crippen molar-refractivity contribution in [1.29, 1.82) is 0 Å². The second-order valence-corrected chi connectivity index (χ2v) is 6.37. The first-order valence-electron chi connectivity index (χ1n) is 8.40. The van der Waals surface area contributed by atoms with Gasteiger partial charge in [-0.2, -0.15) is 0 Å². The van der Waals surface area contributed by atoms with Crippen LogP contribution in [0.5, 0.6) is 0 Å². The molecule has 144 valence electrons. The standard InChI is InChI=1S/C19H20N4O2.2ClH/c24-18(17-7-12-3-1-2-4-14(12)9-20-17)10-21-19(25)13-5-6-15-16(8-13)23-11-22-15;;/h1-6,8,11,17-18,20,24H,7,9-10H2,(H,21,25)(H,22,23);2*1H/t17-,18+;;/m0../s1. The molecule has 1 aromatic heterocycles. The topological polar surface area (TPSA) is 90.0 Å². The van der Waals surface area contributed by atoms with Gasteiger partial charge in [-0.3, -0.25) is 4.79 Å². The van der Waals surface area contributed by atoms with E-state index in [0.717, 1.165) is 24.0 Å². The zero-order chi connectivity index (χ0) is 17.2. The van der Waals surface area contributed by atoms with Crippen molar-refractivity contribution in [3.8, 4) is 0 Å². The molecular weight excluding hydrogens is 387 g/mol. The number of hydrogen-bond donors (Lipinski definition) is 4. The lowest BCUT2D eigenvalue weighted by Crippen LogP contribution is -2.49. The highest BCUT2D eigenvalue weighted by atomic mass is 35.5. The fourth-order valence-corrected chi connectivity index (χ4v) is 3.27. The summed E-state index contributed by atoms with van der Waals surface area (Å²) in [4.78, 5) is 19.4. The highest BCUT2D eigenvalue weighted by Crippen LogP contribution is 2.18. The predicted molar refractivity (Wildman–Crippen MR) is 110 cm³/mol. The summed E-state index contributed by atoms with van der Waals surface area (Å²) in [7, 11) is 0. The number of nitrogens with zero attached hydrogens (tertiary/aromatic N) is 1. The van der Waals surface area contributed by atoms with Crippen molar-refractivity contribution in [2.24, 2.45) is 0 Å². The van der Waals surface area contributed by atoms with E-state index in [-0.39, 0.29) is 43.3 Å². The van der Waals surface area contributed by atoms with Crippen molar-refractivity contribution in [2.45, 2.75) is 25.1 Å². The third-order valence-corrected chi connectivity index (χ3v) is 4.73. The number of nitrogens with one attached hydrogen (secondary N) is 3. The summed E-state index contributed by atoms with van der Waals surface area (Å²) in [5.74, 6) is -0.202. The quantitative estimate of drug-likeness (QED) is 0.532. The molecule has 4 N–H and O–H groups in total. The Labute approximate surface area is 169 Å². The van der Waals surface area contributed by atoms with Crippen LogP contribution in [0.25, 0.3) is 11.0 Å². The Morgan fingerprint density at radius 2 is 2.00 bits per heavy atom. The molecule has 0 saturated heterocycles. The highest BCUT2D eigenvalue weighted by molar-refractivity contribution is 5.97. The normalized spacial score (nSPS) is 16.6. The number of hydrogen-bond acceptors (Lipinski definition) is 4. The van der Waals surface area contributed by atoms with Gasteiger partial charge in [0.15, 0.2) is 0 Å². The molecule has 0 saturated carbocycles. The van der Waals surface area contributed by atoms with E-state index in [1.165, 1.54) is 11.1 Å². The minimum absolute atomic E-state index is 0. The Morgan fingerprint density at radius 1 is 1.22 bits per heavy atom. The molecule has 2 atom stereocenters. The number of aromatic nitrogens is 2. The zero-order valence-corrected chi connectivity index (χ0v) is 16.1. The van der Waals surface area contributed by atoms with Crippen molar-refractivity contribution in [2.75, 3.05) is 6.54 Å². The van der Waals surface area contributed by atoms with Crippen molar-refractivity contribution >= 4 is 41.8 Å². The lowest BCUT2D eigenvalue weighted by Gasteiger charge is -2.30. The number of aliphatic hydroxyl groups excluding tert-OH is 1. The number of fused-ring (bicyclic) bond motifs is 2. The summed E-state index contributed by atoms with van der Waals surface area (Å²) in [6.45, 7) is 0.946. The van der Waals surface area contributed by atoms with E-state index in [2.05, 4.69) is 32.7 Å². The van der Waals surface area contributed by atoms with Gasteiger partial charge < -0.3 is 20.7 Å². The molecule has 2 heterocycles. The lowest BCUT2D eigenvalue weighted by atomic mass is 9.93. The Hall–Kier alpha value is -2.12. The second-order valence-electron chi connectivity index (χ2n) is 6.37. The molecule has 4 rings (SSSR count). The van der Waals surface area contributed by atoms with E-state index >= 15 is 0 Å². The van der Waals surface area contributed by atoms with Crippen LogP contribution < -0.4 is 10.6 Å². The molecular formula is C19H22Cl2N4O2. The number of carbonyl (C=O) groups excluding carboxylic acids is 1. The first kappa shape index (κ1) is 21.2. The second kappa shape index (κ2) is 9.19. The molecule has 3 aromatic rings. The Morgan fingerprint density at radius 3 is 2.81 bits per heavy atom. The smallest absolute Gasteiger partial charge is 0.251 e. The monoisotopic (exact) mass is 408 g/mol. The number of H-pyrrole nitrogens is 1. The maximum absolute atomic E-state index is 12.3. The van der Waals surface area contributed by atoms with Crippen LogP contribution in [0.4, 0.5) is 0 Å². The Kier molecular flexibility index (Phi) is 7.21. The van der Waals surface area contributed by atoms with Crippen LogP contribution in [0.3, 0.4) is 0 Å². The van der Waals surface area contributed by atoms with Crippen LogP contribution >= 0.6 is 24.8 Å². The molecule has 2 aromatic carbocycles. The van der Waals surface area contributed by atoms with Gasteiger partial charge in [-0.15, -0.1) is 24.8 Å². The average Bonchev–Trinajstić information content (AvgIpc) is 3.13. The van der Waals surface area contributed by atoms with E-state index in [0.29, 0.717) is 5.56 Å². The molecule has 1 aliphatic heterocycles.